The van der Waals surface area contributed by atoms with Crippen LogP contribution in [0.15, 0.2) is 30.6 Å². The highest BCUT2D eigenvalue weighted by atomic mass is 35.5. The van der Waals surface area contributed by atoms with Gasteiger partial charge in [-0.3, -0.25) is 4.79 Å². The lowest BCUT2D eigenvalue weighted by atomic mass is 10.1. The molecule has 8 heteroatoms. The molecular formula is C13H14ClN5OS. The summed E-state index contributed by atoms with van der Waals surface area (Å²) in [5.41, 5.74) is 1.11. The van der Waals surface area contributed by atoms with E-state index < -0.39 is 0 Å². The average Bonchev–Trinajstić information content (AvgIpc) is 3.01. The van der Waals surface area contributed by atoms with Crippen LogP contribution in [0.3, 0.4) is 0 Å². The molecule has 1 amide bonds. The molecule has 3 rings (SSSR count). The van der Waals surface area contributed by atoms with Gasteiger partial charge >= 0.3 is 0 Å². The van der Waals surface area contributed by atoms with Crippen molar-refractivity contribution >= 4 is 29.3 Å². The molecule has 2 heterocycles. The fourth-order valence-electron chi connectivity index (χ4n) is 2.35. The molecule has 2 aromatic rings. The molecule has 0 unspecified atom stereocenters. The van der Waals surface area contributed by atoms with E-state index in [4.69, 9.17) is 11.6 Å². The number of thioether (sulfide) groups is 1. The Labute approximate surface area is 131 Å². The third kappa shape index (κ3) is 3.36. The Balaban J connectivity index is 1.77. The molecule has 0 bridgehead atoms. The van der Waals surface area contributed by atoms with E-state index in [0.717, 1.165) is 23.6 Å². The van der Waals surface area contributed by atoms with E-state index in [0.29, 0.717) is 5.02 Å². The van der Waals surface area contributed by atoms with Crippen molar-refractivity contribution in [3.63, 3.8) is 0 Å². The number of hydrogen-bond donors (Lipinski definition) is 0. The third-order valence-corrected chi connectivity index (χ3v) is 4.67. The van der Waals surface area contributed by atoms with Gasteiger partial charge in [0.25, 0.3) is 0 Å². The van der Waals surface area contributed by atoms with Crippen LogP contribution in [0.2, 0.25) is 5.02 Å². The summed E-state index contributed by atoms with van der Waals surface area (Å²) in [5.74, 6) is 1.87. The SMILES string of the molecule is O=C(Cn1cnnn1)N1CCSC[C@@H]1c1ccc(Cl)cc1. The van der Waals surface area contributed by atoms with Crippen LogP contribution in [-0.2, 0) is 11.3 Å². The minimum absolute atomic E-state index is 0.0301. The zero-order valence-corrected chi connectivity index (χ0v) is 12.8. The molecule has 1 aliphatic rings. The maximum absolute atomic E-state index is 12.5. The lowest BCUT2D eigenvalue weighted by Gasteiger charge is -2.35. The van der Waals surface area contributed by atoms with E-state index in [1.165, 1.54) is 11.0 Å². The first-order valence-electron chi connectivity index (χ1n) is 6.57. The normalized spacial score (nSPS) is 18.7. The first-order chi connectivity index (χ1) is 10.2. The van der Waals surface area contributed by atoms with Crippen molar-refractivity contribution < 1.29 is 4.79 Å². The monoisotopic (exact) mass is 323 g/mol. The lowest BCUT2D eigenvalue weighted by molar-refractivity contribution is -0.134. The van der Waals surface area contributed by atoms with Crippen LogP contribution in [0.4, 0.5) is 0 Å². The Morgan fingerprint density at radius 1 is 1.38 bits per heavy atom. The Kier molecular flexibility index (Phi) is 4.40. The van der Waals surface area contributed by atoms with Crippen molar-refractivity contribution in [1.82, 2.24) is 25.1 Å². The fraction of sp³-hybridized carbons (Fsp3) is 0.385. The van der Waals surface area contributed by atoms with Gasteiger partial charge in [-0.15, -0.1) is 5.10 Å². The summed E-state index contributed by atoms with van der Waals surface area (Å²) in [5, 5.41) is 11.5. The van der Waals surface area contributed by atoms with E-state index in [1.807, 2.05) is 40.9 Å². The number of tetrazole rings is 1. The second-order valence-corrected chi connectivity index (χ2v) is 6.32. The van der Waals surface area contributed by atoms with Gasteiger partial charge in [0, 0.05) is 23.1 Å². The van der Waals surface area contributed by atoms with Crippen LogP contribution in [0.1, 0.15) is 11.6 Å². The van der Waals surface area contributed by atoms with Crippen LogP contribution < -0.4 is 0 Å². The van der Waals surface area contributed by atoms with Gasteiger partial charge in [-0.1, -0.05) is 23.7 Å². The fourth-order valence-corrected chi connectivity index (χ4v) is 3.56. The Bertz CT molecular complexity index is 604. The van der Waals surface area contributed by atoms with Gasteiger partial charge in [0.1, 0.15) is 12.9 Å². The molecule has 21 heavy (non-hydrogen) atoms. The summed E-state index contributed by atoms with van der Waals surface area (Å²) in [4.78, 5) is 14.4. The summed E-state index contributed by atoms with van der Waals surface area (Å²) in [6.07, 6.45) is 1.45. The van der Waals surface area contributed by atoms with Gasteiger partial charge in [-0.25, -0.2) is 4.68 Å². The van der Waals surface area contributed by atoms with Crippen molar-refractivity contribution in [3.8, 4) is 0 Å². The molecule has 1 aromatic heterocycles. The van der Waals surface area contributed by atoms with Gasteiger partial charge in [-0.05, 0) is 28.1 Å². The Hall–Kier alpha value is -1.60. The van der Waals surface area contributed by atoms with Crippen LogP contribution in [0, 0.1) is 0 Å². The number of carbonyl (C=O) groups excluding carboxylic acids is 1. The number of aromatic nitrogens is 4. The molecule has 0 saturated carbocycles. The molecule has 0 aliphatic carbocycles. The number of amides is 1. The number of carbonyl (C=O) groups is 1. The van der Waals surface area contributed by atoms with E-state index in [2.05, 4.69) is 15.5 Å². The van der Waals surface area contributed by atoms with Crippen molar-refractivity contribution in [2.45, 2.75) is 12.6 Å². The molecule has 6 nitrogen and oxygen atoms in total. The molecule has 0 spiro atoms. The summed E-state index contributed by atoms with van der Waals surface area (Å²) >= 11 is 7.79. The Morgan fingerprint density at radius 3 is 2.90 bits per heavy atom. The molecule has 0 N–H and O–H groups in total. The first kappa shape index (κ1) is 14.3. The summed E-state index contributed by atoms with van der Waals surface area (Å²) in [6, 6.07) is 7.76. The molecule has 1 fully saturated rings. The zero-order chi connectivity index (χ0) is 14.7. The third-order valence-electron chi connectivity index (χ3n) is 3.39. The maximum atomic E-state index is 12.5. The van der Waals surface area contributed by atoms with Gasteiger partial charge < -0.3 is 4.90 Å². The molecule has 1 saturated heterocycles. The summed E-state index contributed by atoms with van der Waals surface area (Å²) < 4.78 is 1.45. The van der Waals surface area contributed by atoms with Gasteiger partial charge in [0.2, 0.25) is 5.91 Å². The van der Waals surface area contributed by atoms with Gasteiger partial charge in [0.05, 0.1) is 6.04 Å². The quantitative estimate of drug-likeness (QED) is 0.859. The highest BCUT2D eigenvalue weighted by molar-refractivity contribution is 7.99. The van der Waals surface area contributed by atoms with Crippen molar-refractivity contribution in [3.05, 3.63) is 41.2 Å². The van der Waals surface area contributed by atoms with Crippen molar-refractivity contribution in [1.29, 1.82) is 0 Å². The summed E-state index contributed by atoms with van der Waals surface area (Å²) in [7, 11) is 0. The topological polar surface area (TPSA) is 63.9 Å². The van der Waals surface area contributed by atoms with E-state index in [9.17, 15) is 4.79 Å². The average molecular weight is 324 g/mol. The van der Waals surface area contributed by atoms with Crippen LogP contribution >= 0.6 is 23.4 Å². The number of nitrogens with zero attached hydrogens (tertiary/aromatic N) is 5. The second kappa shape index (κ2) is 6.44. The van der Waals surface area contributed by atoms with Crippen LogP contribution in [0.5, 0.6) is 0 Å². The zero-order valence-electron chi connectivity index (χ0n) is 11.2. The van der Waals surface area contributed by atoms with Gasteiger partial charge in [0.15, 0.2) is 0 Å². The smallest absolute Gasteiger partial charge is 0.245 e. The molecule has 1 atom stereocenters. The molecule has 110 valence electrons. The van der Waals surface area contributed by atoms with Crippen LogP contribution in [-0.4, -0.2) is 49.1 Å². The standard InChI is InChI=1S/C13H14ClN5OS/c14-11-3-1-10(2-4-11)12-8-21-6-5-19(12)13(20)7-18-9-15-16-17-18/h1-4,9,12H,5-8H2/t12-/m1/s1. The maximum Gasteiger partial charge on any atom is 0.245 e. The Morgan fingerprint density at radius 2 is 2.19 bits per heavy atom. The predicted octanol–water partition coefficient (Wildman–Crippen LogP) is 1.64. The highest BCUT2D eigenvalue weighted by Gasteiger charge is 2.28. The predicted molar refractivity (Wildman–Crippen MR) is 81.0 cm³/mol. The molecule has 1 aromatic carbocycles. The van der Waals surface area contributed by atoms with E-state index in [1.54, 1.807) is 0 Å². The largest absolute Gasteiger partial charge is 0.332 e. The second-order valence-electron chi connectivity index (χ2n) is 4.74. The lowest BCUT2D eigenvalue weighted by Crippen LogP contribution is -2.42. The molecule has 1 aliphatic heterocycles. The summed E-state index contributed by atoms with van der Waals surface area (Å²) in [6.45, 7) is 0.903. The van der Waals surface area contributed by atoms with E-state index in [-0.39, 0.29) is 18.5 Å². The molecule has 0 radical (unpaired) electrons. The van der Waals surface area contributed by atoms with Gasteiger partial charge in [-0.2, -0.15) is 11.8 Å². The molecular weight excluding hydrogens is 310 g/mol. The van der Waals surface area contributed by atoms with Crippen LogP contribution in [0.25, 0.3) is 0 Å². The van der Waals surface area contributed by atoms with E-state index >= 15 is 0 Å². The van der Waals surface area contributed by atoms with Crippen molar-refractivity contribution in [2.75, 3.05) is 18.1 Å². The first-order valence-corrected chi connectivity index (χ1v) is 8.11. The minimum Gasteiger partial charge on any atom is -0.332 e. The van der Waals surface area contributed by atoms with Crippen molar-refractivity contribution in [2.24, 2.45) is 0 Å². The number of rotatable bonds is 3. The number of hydrogen-bond acceptors (Lipinski definition) is 5. The highest BCUT2D eigenvalue weighted by Crippen LogP contribution is 2.30. The number of benzene rings is 1. The minimum atomic E-state index is 0.0301. The number of halogens is 1.